The Kier molecular flexibility index (Phi) is 8.30. The molecule has 0 radical (unpaired) electrons. The summed E-state index contributed by atoms with van der Waals surface area (Å²) in [6, 6.07) is 8.24. The van der Waals surface area contributed by atoms with E-state index < -0.39 is 25.1 Å². The number of carbonyl (C=O) groups excluding carboxylic acids is 1. The first kappa shape index (κ1) is 27.1. The smallest absolute Gasteiger partial charge is 0.342 e. The molecule has 0 aliphatic carbocycles. The van der Waals surface area contributed by atoms with Gasteiger partial charge in [0, 0.05) is 0 Å². The van der Waals surface area contributed by atoms with Crippen LogP contribution in [0, 0.1) is 11.3 Å². The predicted octanol–water partition coefficient (Wildman–Crippen LogP) is 3.23. The minimum Gasteiger partial charge on any atom is -0.462 e. The molecule has 0 spiro atoms. The molecule has 0 aliphatic rings. The SMILES string of the molecule is CC(C)OC(=O)C(C)(C)NP(=O)(CO[C@H](C)Cn1cnc2c(N)ncnc21)Oc1cccc(C#N)c1. The molecule has 13 heteroatoms. The van der Waals surface area contributed by atoms with Gasteiger partial charge in [0.15, 0.2) is 11.5 Å². The largest absolute Gasteiger partial charge is 0.462 e. The van der Waals surface area contributed by atoms with Crippen LogP contribution in [-0.2, 0) is 25.4 Å². The molecular formula is C23H30N7O5P. The number of nitrogen functional groups attached to an aromatic ring is 1. The van der Waals surface area contributed by atoms with E-state index in [-0.39, 0.29) is 24.0 Å². The third-order valence-electron chi connectivity index (χ3n) is 4.93. The van der Waals surface area contributed by atoms with Crippen LogP contribution in [0.4, 0.5) is 5.82 Å². The maximum Gasteiger partial charge on any atom is 0.342 e. The lowest BCUT2D eigenvalue weighted by molar-refractivity contribution is -0.153. The molecule has 0 aliphatic heterocycles. The predicted molar refractivity (Wildman–Crippen MR) is 133 cm³/mol. The van der Waals surface area contributed by atoms with Crippen molar-refractivity contribution in [1.82, 2.24) is 24.6 Å². The van der Waals surface area contributed by atoms with Crippen molar-refractivity contribution in [2.45, 2.75) is 58.9 Å². The molecule has 1 aromatic carbocycles. The number of esters is 1. The van der Waals surface area contributed by atoms with Gasteiger partial charge >= 0.3 is 13.5 Å². The summed E-state index contributed by atoms with van der Waals surface area (Å²) < 4.78 is 32.7. The molecule has 3 rings (SSSR count). The number of benzene rings is 1. The zero-order valence-electron chi connectivity index (χ0n) is 20.8. The van der Waals surface area contributed by atoms with E-state index in [1.54, 1.807) is 63.7 Å². The normalized spacial score (nSPS) is 14.2. The number of imidazole rings is 1. The number of nitriles is 1. The third kappa shape index (κ3) is 6.79. The van der Waals surface area contributed by atoms with E-state index in [1.807, 2.05) is 6.07 Å². The lowest BCUT2D eigenvalue weighted by Crippen LogP contribution is -2.48. The van der Waals surface area contributed by atoms with E-state index in [0.717, 1.165) is 0 Å². The molecule has 0 amide bonds. The van der Waals surface area contributed by atoms with Gasteiger partial charge in [0.25, 0.3) is 0 Å². The average Bonchev–Trinajstić information content (AvgIpc) is 3.21. The Bertz CT molecular complexity index is 1320. The van der Waals surface area contributed by atoms with Gasteiger partial charge in [-0.2, -0.15) is 5.26 Å². The zero-order chi connectivity index (χ0) is 26.5. The van der Waals surface area contributed by atoms with Crippen molar-refractivity contribution >= 4 is 30.5 Å². The molecule has 36 heavy (non-hydrogen) atoms. The Morgan fingerprint density at radius 2 is 2.03 bits per heavy atom. The van der Waals surface area contributed by atoms with Crippen molar-refractivity contribution in [3.63, 3.8) is 0 Å². The van der Waals surface area contributed by atoms with Crippen LogP contribution < -0.4 is 15.3 Å². The van der Waals surface area contributed by atoms with Gasteiger partial charge in [-0.3, -0.25) is 9.36 Å². The molecule has 0 saturated heterocycles. The van der Waals surface area contributed by atoms with E-state index in [9.17, 15) is 14.6 Å². The summed E-state index contributed by atoms with van der Waals surface area (Å²) in [6.45, 7) is 8.65. The Morgan fingerprint density at radius 3 is 2.72 bits per heavy atom. The van der Waals surface area contributed by atoms with Crippen molar-refractivity contribution in [2.75, 3.05) is 12.1 Å². The topological polar surface area (TPSA) is 167 Å². The molecule has 192 valence electrons. The highest BCUT2D eigenvalue weighted by molar-refractivity contribution is 7.57. The monoisotopic (exact) mass is 515 g/mol. The lowest BCUT2D eigenvalue weighted by Gasteiger charge is -2.31. The highest BCUT2D eigenvalue weighted by atomic mass is 31.2. The van der Waals surface area contributed by atoms with Gasteiger partial charge in [0.1, 0.15) is 29.5 Å². The molecule has 0 fully saturated rings. The summed E-state index contributed by atoms with van der Waals surface area (Å²) in [7, 11) is -3.84. The minimum atomic E-state index is -3.84. The second-order valence-corrected chi connectivity index (χ2v) is 11.0. The Labute approximate surface area is 209 Å². The van der Waals surface area contributed by atoms with Gasteiger partial charge in [0.2, 0.25) is 0 Å². The van der Waals surface area contributed by atoms with Crippen molar-refractivity contribution in [3.8, 4) is 11.8 Å². The number of carbonyl (C=O) groups is 1. The van der Waals surface area contributed by atoms with Crippen LogP contribution in [0.2, 0.25) is 0 Å². The quantitative estimate of drug-likeness (QED) is 0.284. The average molecular weight is 516 g/mol. The van der Waals surface area contributed by atoms with Crippen LogP contribution in [0.25, 0.3) is 11.2 Å². The lowest BCUT2D eigenvalue weighted by atomic mass is 10.1. The van der Waals surface area contributed by atoms with E-state index in [4.69, 9.17) is 19.7 Å². The highest BCUT2D eigenvalue weighted by Gasteiger charge is 2.40. The molecule has 0 bridgehead atoms. The summed E-state index contributed by atoms with van der Waals surface area (Å²) in [5, 5.41) is 12.0. The van der Waals surface area contributed by atoms with Crippen LogP contribution in [-0.4, -0.2) is 49.6 Å². The Morgan fingerprint density at radius 1 is 1.28 bits per heavy atom. The molecule has 3 aromatic rings. The second-order valence-electron chi connectivity index (χ2n) is 9.03. The number of nitrogens with one attached hydrogen (secondary N) is 1. The van der Waals surface area contributed by atoms with Gasteiger partial charge in [-0.05, 0) is 52.8 Å². The first-order valence-electron chi connectivity index (χ1n) is 11.2. The summed E-state index contributed by atoms with van der Waals surface area (Å²) in [5.74, 6) is -0.131. The van der Waals surface area contributed by atoms with Crippen LogP contribution in [0.1, 0.15) is 40.2 Å². The number of anilines is 1. The number of hydrogen-bond acceptors (Lipinski definition) is 10. The number of ether oxygens (including phenoxy) is 2. The van der Waals surface area contributed by atoms with E-state index in [1.165, 1.54) is 12.4 Å². The van der Waals surface area contributed by atoms with Gasteiger partial charge in [0.05, 0.1) is 36.7 Å². The van der Waals surface area contributed by atoms with Crippen molar-refractivity contribution < 1.29 is 23.4 Å². The van der Waals surface area contributed by atoms with Gasteiger partial charge in [-0.25, -0.2) is 20.0 Å². The van der Waals surface area contributed by atoms with Crippen LogP contribution in [0.15, 0.2) is 36.9 Å². The molecule has 12 nitrogen and oxygen atoms in total. The number of nitrogens with two attached hydrogens (primary N) is 1. The number of aromatic nitrogens is 4. The summed E-state index contributed by atoms with van der Waals surface area (Å²) in [5.41, 5.74) is 5.84. The minimum absolute atomic E-state index is 0.196. The number of fused-ring (bicyclic) bond motifs is 1. The van der Waals surface area contributed by atoms with E-state index in [0.29, 0.717) is 23.3 Å². The number of hydrogen-bond donors (Lipinski definition) is 2. The van der Waals surface area contributed by atoms with Crippen LogP contribution >= 0.6 is 7.52 Å². The van der Waals surface area contributed by atoms with Crippen molar-refractivity contribution in [2.24, 2.45) is 0 Å². The number of rotatable bonds is 11. The van der Waals surface area contributed by atoms with Crippen LogP contribution in [0.5, 0.6) is 5.75 Å². The molecule has 2 atom stereocenters. The standard InChI is InChI=1S/C23H30N7O5P/c1-15(2)34-22(31)23(4,5)29-36(32,35-18-8-6-7-17(9-18)10-24)14-33-16(3)11-30-13-28-19-20(25)26-12-27-21(19)30/h6-9,12-13,15-16H,11,14H2,1-5H3,(H,29,32)(H2,25,26,27)/t16-,36?/m1/s1. The van der Waals surface area contributed by atoms with Crippen LogP contribution in [0.3, 0.4) is 0 Å². The van der Waals surface area contributed by atoms with E-state index >= 15 is 0 Å². The van der Waals surface area contributed by atoms with Crippen molar-refractivity contribution in [1.29, 1.82) is 5.26 Å². The molecular weight excluding hydrogens is 485 g/mol. The fourth-order valence-corrected chi connectivity index (χ4v) is 5.31. The second kappa shape index (κ2) is 11.0. The molecule has 2 aromatic heterocycles. The fraction of sp³-hybridized carbons (Fsp3) is 0.435. The number of nitrogens with zero attached hydrogens (tertiary/aromatic N) is 5. The summed E-state index contributed by atoms with van der Waals surface area (Å²) in [6.07, 6.45) is 1.75. The highest BCUT2D eigenvalue weighted by Crippen LogP contribution is 2.45. The van der Waals surface area contributed by atoms with Gasteiger partial charge < -0.3 is 24.3 Å². The third-order valence-corrected chi connectivity index (χ3v) is 6.83. The van der Waals surface area contributed by atoms with Crippen molar-refractivity contribution in [3.05, 3.63) is 42.5 Å². The summed E-state index contributed by atoms with van der Waals surface area (Å²) >= 11 is 0. The Hall–Kier alpha value is -3.52. The molecule has 1 unspecified atom stereocenters. The molecule has 2 heterocycles. The molecule has 0 saturated carbocycles. The summed E-state index contributed by atoms with van der Waals surface area (Å²) in [4.78, 5) is 25.0. The maximum atomic E-state index is 13.9. The fourth-order valence-electron chi connectivity index (χ4n) is 3.29. The van der Waals surface area contributed by atoms with Gasteiger partial charge in [-0.1, -0.05) is 6.07 Å². The Balaban J connectivity index is 1.79. The zero-order valence-corrected chi connectivity index (χ0v) is 21.7. The maximum absolute atomic E-state index is 13.9. The van der Waals surface area contributed by atoms with E-state index in [2.05, 4.69) is 20.0 Å². The molecule has 3 N–H and O–H groups in total. The first-order valence-corrected chi connectivity index (χ1v) is 13.1. The van der Waals surface area contributed by atoms with Gasteiger partial charge in [-0.15, -0.1) is 0 Å². The first-order chi connectivity index (χ1) is 16.9.